The van der Waals surface area contributed by atoms with Gasteiger partial charge in [0.25, 0.3) is 0 Å². The van der Waals surface area contributed by atoms with E-state index in [0.717, 1.165) is 16.6 Å². The molecule has 2 nitrogen and oxygen atoms in total. The number of aliphatic hydroxyl groups is 1. The second-order valence-corrected chi connectivity index (χ2v) is 6.87. The maximum atomic E-state index is 10.6. The van der Waals surface area contributed by atoms with Gasteiger partial charge in [0, 0.05) is 0 Å². The quantitative estimate of drug-likeness (QED) is 0.495. The van der Waals surface area contributed by atoms with E-state index in [9.17, 15) is 5.11 Å². The first-order chi connectivity index (χ1) is 9.99. The SMILES string of the molecule is CCCCCCCC[N+](C)(C)[C@@H](C)[C@H](O)c1ccccc1. The van der Waals surface area contributed by atoms with Crippen molar-refractivity contribution in [2.75, 3.05) is 20.6 Å². The molecule has 0 bridgehead atoms. The molecule has 0 aliphatic rings. The summed E-state index contributed by atoms with van der Waals surface area (Å²) in [5, 5.41) is 10.6. The standard InChI is InChI=1S/C19H34NO/c1-5-6-7-8-9-13-16-20(3,4)17(2)19(21)18-14-11-10-12-15-18/h10-12,14-15,17,19,21H,5-9,13,16H2,1-4H3/q+1/t17-,19-/m0/s1. The van der Waals surface area contributed by atoms with E-state index < -0.39 is 0 Å². The molecule has 1 rings (SSSR count). The van der Waals surface area contributed by atoms with Crippen LogP contribution in [0.1, 0.15) is 64.0 Å². The second-order valence-electron chi connectivity index (χ2n) is 6.87. The average Bonchev–Trinajstić information content (AvgIpc) is 2.50. The lowest BCUT2D eigenvalue weighted by Gasteiger charge is -2.38. The Hall–Kier alpha value is -0.860. The van der Waals surface area contributed by atoms with Gasteiger partial charge in [0.15, 0.2) is 0 Å². The lowest BCUT2D eigenvalue weighted by atomic mass is 10.0. The molecule has 0 unspecified atom stereocenters. The van der Waals surface area contributed by atoms with Crippen LogP contribution < -0.4 is 0 Å². The highest BCUT2D eigenvalue weighted by Gasteiger charge is 2.30. The van der Waals surface area contributed by atoms with E-state index in [1.165, 1.54) is 38.5 Å². The van der Waals surface area contributed by atoms with E-state index in [4.69, 9.17) is 0 Å². The predicted molar refractivity (Wildman–Crippen MR) is 91.2 cm³/mol. The zero-order chi connectivity index (χ0) is 15.7. The molecule has 0 aliphatic heterocycles. The summed E-state index contributed by atoms with van der Waals surface area (Å²) < 4.78 is 0.879. The minimum absolute atomic E-state index is 0.211. The van der Waals surface area contributed by atoms with Crippen molar-refractivity contribution >= 4 is 0 Å². The molecule has 0 saturated carbocycles. The van der Waals surface area contributed by atoms with Crippen molar-refractivity contribution in [3.63, 3.8) is 0 Å². The minimum Gasteiger partial charge on any atom is -0.382 e. The number of nitrogens with zero attached hydrogens (tertiary/aromatic N) is 1. The number of unbranched alkanes of at least 4 members (excludes halogenated alkanes) is 5. The van der Waals surface area contributed by atoms with Gasteiger partial charge in [-0.15, -0.1) is 0 Å². The van der Waals surface area contributed by atoms with Gasteiger partial charge < -0.3 is 9.59 Å². The molecule has 0 aliphatic carbocycles. The van der Waals surface area contributed by atoms with Crippen LogP contribution in [0, 0.1) is 0 Å². The van der Waals surface area contributed by atoms with Gasteiger partial charge in [0.2, 0.25) is 0 Å². The van der Waals surface area contributed by atoms with Gasteiger partial charge in [0.1, 0.15) is 12.1 Å². The van der Waals surface area contributed by atoms with E-state index in [2.05, 4.69) is 27.9 Å². The van der Waals surface area contributed by atoms with Gasteiger partial charge in [-0.2, -0.15) is 0 Å². The number of rotatable bonds is 10. The van der Waals surface area contributed by atoms with E-state index in [0.29, 0.717) is 0 Å². The van der Waals surface area contributed by atoms with Crippen molar-refractivity contribution in [3.8, 4) is 0 Å². The summed E-state index contributed by atoms with van der Waals surface area (Å²) in [5.41, 5.74) is 1.03. The maximum Gasteiger partial charge on any atom is 0.130 e. The predicted octanol–water partition coefficient (Wildman–Crippen LogP) is 4.55. The molecule has 0 fully saturated rings. The fourth-order valence-corrected chi connectivity index (χ4v) is 2.81. The Morgan fingerprint density at radius 3 is 2.14 bits per heavy atom. The van der Waals surface area contributed by atoms with Gasteiger partial charge in [-0.05, 0) is 25.3 Å². The molecule has 2 atom stereocenters. The van der Waals surface area contributed by atoms with E-state index in [1.54, 1.807) is 0 Å². The molecule has 0 spiro atoms. The summed E-state index contributed by atoms with van der Waals surface area (Å²) in [7, 11) is 4.48. The number of aliphatic hydroxyl groups excluding tert-OH is 1. The Balaban J connectivity index is 2.41. The van der Waals surface area contributed by atoms with Crippen LogP contribution in [0.25, 0.3) is 0 Å². The van der Waals surface area contributed by atoms with Crippen molar-refractivity contribution in [3.05, 3.63) is 35.9 Å². The van der Waals surface area contributed by atoms with E-state index in [1.807, 2.05) is 30.3 Å². The maximum absolute atomic E-state index is 10.6. The van der Waals surface area contributed by atoms with Gasteiger partial charge in [-0.1, -0.05) is 62.9 Å². The van der Waals surface area contributed by atoms with Crippen molar-refractivity contribution in [1.29, 1.82) is 0 Å². The first-order valence-corrected chi connectivity index (χ1v) is 8.54. The Morgan fingerprint density at radius 1 is 0.952 bits per heavy atom. The average molecular weight is 292 g/mol. The summed E-state index contributed by atoms with van der Waals surface area (Å²) in [6.07, 6.45) is 7.57. The minimum atomic E-state index is -0.388. The Morgan fingerprint density at radius 2 is 1.52 bits per heavy atom. The highest BCUT2D eigenvalue weighted by molar-refractivity contribution is 5.18. The van der Waals surface area contributed by atoms with Gasteiger partial charge >= 0.3 is 0 Å². The van der Waals surface area contributed by atoms with Crippen molar-refractivity contribution in [2.24, 2.45) is 0 Å². The monoisotopic (exact) mass is 292 g/mol. The van der Waals surface area contributed by atoms with Crippen LogP contribution in [0.5, 0.6) is 0 Å². The summed E-state index contributed by atoms with van der Waals surface area (Å²) in [6, 6.07) is 10.2. The number of quaternary nitrogens is 1. The van der Waals surface area contributed by atoms with Gasteiger partial charge in [0.05, 0.1) is 20.6 Å². The third kappa shape index (κ3) is 6.19. The second kappa shape index (κ2) is 9.22. The zero-order valence-corrected chi connectivity index (χ0v) is 14.4. The molecule has 0 amide bonds. The zero-order valence-electron chi connectivity index (χ0n) is 14.4. The Bertz CT molecular complexity index is 374. The van der Waals surface area contributed by atoms with Crippen LogP contribution in [0.2, 0.25) is 0 Å². The van der Waals surface area contributed by atoms with Gasteiger partial charge in [-0.3, -0.25) is 0 Å². The number of hydrogen-bond acceptors (Lipinski definition) is 1. The summed E-state index contributed by atoms with van der Waals surface area (Å²) >= 11 is 0. The fraction of sp³-hybridized carbons (Fsp3) is 0.684. The number of benzene rings is 1. The molecule has 1 N–H and O–H groups in total. The van der Waals surface area contributed by atoms with E-state index >= 15 is 0 Å². The molecule has 2 heteroatoms. The van der Waals surface area contributed by atoms with Crippen LogP contribution in [0.4, 0.5) is 0 Å². The molecule has 0 heterocycles. The fourth-order valence-electron chi connectivity index (χ4n) is 2.81. The Kier molecular flexibility index (Phi) is 7.98. The summed E-state index contributed by atoms with van der Waals surface area (Å²) in [5.74, 6) is 0. The van der Waals surface area contributed by atoms with Crippen LogP contribution in [-0.4, -0.2) is 36.3 Å². The first kappa shape index (κ1) is 18.2. The number of likely N-dealkylation sites (N-methyl/N-ethyl adjacent to an activating group) is 1. The van der Waals surface area contributed by atoms with Crippen LogP contribution in [0.3, 0.4) is 0 Å². The smallest absolute Gasteiger partial charge is 0.130 e. The third-order valence-electron chi connectivity index (χ3n) is 4.79. The van der Waals surface area contributed by atoms with Gasteiger partial charge in [-0.25, -0.2) is 0 Å². The van der Waals surface area contributed by atoms with E-state index in [-0.39, 0.29) is 12.1 Å². The molecule has 0 aromatic heterocycles. The molecule has 21 heavy (non-hydrogen) atoms. The number of hydrogen-bond donors (Lipinski definition) is 1. The summed E-state index contributed by atoms with van der Waals surface area (Å²) in [4.78, 5) is 0. The molecule has 1 aromatic rings. The summed E-state index contributed by atoms with van der Waals surface area (Å²) in [6.45, 7) is 5.55. The normalized spacial score (nSPS) is 14.9. The Labute approximate surface area is 131 Å². The lowest BCUT2D eigenvalue weighted by molar-refractivity contribution is -0.917. The lowest BCUT2D eigenvalue weighted by Crippen LogP contribution is -2.50. The van der Waals surface area contributed by atoms with Crippen LogP contribution in [0.15, 0.2) is 30.3 Å². The third-order valence-corrected chi connectivity index (χ3v) is 4.79. The molecule has 1 aromatic carbocycles. The largest absolute Gasteiger partial charge is 0.382 e. The van der Waals surface area contributed by atoms with Crippen LogP contribution in [-0.2, 0) is 0 Å². The van der Waals surface area contributed by atoms with Crippen molar-refractivity contribution < 1.29 is 9.59 Å². The topological polar surface area (TPSA) is 20.2 Å². The highest BCUT2D eigenvalue weighted by Crippen LogP contribution is 2.24. The molecule has 0 radical (unpaired) electrons. The van der Waals surface area contributed by atoms with Crippen LogP contribution >= 0.6 is 0 Å². The first-order valence-electron chi connectivity index (χ1n) is 8.54. The van der Waals surface area contributed by atoms with Crippen molar-refractivity contribution in [1.82, 2.24) is 0 Å². The highest BCUT2D eigenvalue weighted by atomic mass is 16.3. The molecule has 0 saturated heterocycles. The van der Waals surface area contributed by atoms with Crippen molar-refractivity contribution in [2.45, 2.75) is 64.5 Å². The molecular formula is C19H34NO+. The molecule has 120 valence electrons. The molecular weight excluding hydrogens is 258 g/mol.